The van der Waals surface area contributed by atoms with Crippen LogP contribution < -0.4 is 0 Å². The summed E-state index contributed by atoms with van der Waals surface area (Å²) in [6.07, 6.45) is 1.79. The van der Waals surface area contributed by atoms with Crippen molar-refractivity contribution in [3.05, 3.63) is 42.1 Å². The maximum atomic E-state index is 12.7. The van der Waals surface area contributed by atoms with Crippen LogP contribution in [0.4, 0.5) is 4.39 Å². The van der Waals surface area contributed by atoms with Crippen molar-refractivity contribution in [3.63, 3.8) is 0 Å². The van der Waals surface area contributed by atoms with Crippen LogP contribution in [-0.4, -0.2) is 9.55 Å². The van der Waals surface area contributed by atoms with Crippen LogP contribution in [0.1, 0.15) is 5.82 Å². The van der Waals surface area contributed by atoms with Gasteiger partial charge in [0.1, 0.15) is 11.6 Å². The lowest BCUT2D eigenvalue weighted by Gasteiger charge is -2.03. The van der Waals surface area contributed by atoms with Gasteiger partial charge in [0, 0.05) is 7.05 Å². The Balaban J connectivity index is 2.49. The molecule has 0 aliphatic heterocycles. The first-order chi connectivity index (χ1) is 6.68. The highest BCUT2D eigenvalue weighted by atomic mass is 19.1. The Bertz CT molecular complexity index is 443. The molecule has 0 amide bonds. The Morgan fingerprint density at radius 3 is 2.36 bits per heavy atom. The van der Waals surface area contributed by atoms with E-state index >= 15 is 0 Å². The molecular weight excluding hydrogens is 179 g/mol. The van der Waals surface area contributed by atoms with Gasteiger partial charge in [-0.25, -0.2) is 9.37 Å². The van der Waals surface area contributed by atoms with E-state index in [1.165, 1.54) is 12.1 Å². The molecule has 0 radical (unpaired) electrons. The molecule has 0 saturated carbocycles. The van der Waals surface area contributed by atoms with Crippen LogP contribution in [0.25, 0.3) is 11.3 Å². The van der Waals surface area contributed by atoms with Gasteiger partial charge in [0.2, 0.25) is 0 Å². The summed E-state index contributed by atoms with van der Waals surface area (Å²) in [6, 6.07) is 6.42. The summed E-state index contributed by atoms with van der Waals surface area (Å²) in [4.78, 5) is 4.18. The minimum atomic E-state index is -0.215. The van der Waals surface area contributed by atoms with Crippen LogP contribution in [0.15, 0.2) is 30.5 Å². The third kappa shape index (κ3) is 1.41. The molecule has 1 heterocycles. The summed E-state index contributed by atoms with van der Waals surface area (Å²) in [5.41, 5.74) is 1.98. The first kappa shape index (κ1) is 8.94. The zero-order valence-corrected chi connectivity index (χ0v) is 8.16. The van der Waals surface area contributed by atoms with Gasteiger partial charge in [-0.2, -0.15) is 0 Å². The molecule has 72 valence electrons. The Morgan fingerprint density at radius 2 is 1.86 bits per heavy atom. The largest absolute Gasteiger partial charge is 0.331 e. The van der Waals surface area contributed by atoms with Crippen LogP contribution in [0.5, 0.6) is 0 Å². The van der Waals surface area contributed by atoms with E-state index in [4.69, 9.17) is 0 Å². The summed E-state index contributed by atoms with van der Waals surface area (Å²) in [5.74, 6) is 0.733. The van der Waals surface area contributed by atoms with Gasteiger partial charge in [0.15, 0.2) is 0 Å². The smallest absolute Gasteiger partial charge is 0.123 e. The zero-order valence-electron chi connectivity index (χ0n) is 8.16. The Kier molecular flexibility index (Phi) is 2.08. The average Bonchev–Trinajstić information content (AvgIpc) is 2.50. The fourth-order valence-electron chi connectivity index (χ4n) is 1.39. The highest BCUT2D eigenvalue weighted by molar-refractivity contribution is 5.59. The van der Waals surface area contributed by atoms with E-state index in [1.807, 2.05) is 18.5 Å². The molecule has 0 atom stereocenters. The second-order valence-electron chi connectivity index (χ2n) is 3.26. The molecule has 0 aliphatic rings. The molecule has 3 heteroatoms. The van der Waals surface area contributed by atoms with E-state index in [2.05, 4.69) is 4.98 Å². The lowest BCUT2D eigenvalue weighted by Crippen LogP contribution is -1.93. The molecule has 0 bridgehead atoms. The normalized spacial score (nSPS) is 10.5. The van der Waals surface area contributed by atoms with E-state index in [0.29, 0.717) is 0 Å². The number of aryl methyl sites for hydroxylation is 1. The van der Waals surface area contributed by atoms with Crippen molar-refractivity contribution < 1.29 is 4.39 Å². The van der Waals surface area contributed by atoms with Crippen molar-refractivity contribution in [2.75, 3.05) is 0 Å². The molecule has 2 aromatic rings. The van der Waals surface area contributed by atoms with Crippen LogP contribution in [0, 0.1) is 12.7 Å². The minimum Gasteiger partial charge on any atom is -0.331 e. The molecular formula is C11H11FN2. The number of hydrogen-bond acceptors (Lipinski definition) is 1. The predicted octanol–water partition coefficient (Wildman–Crippen LogP) is 2.53. The Labute approximate surface area is 82.0 Å². The van der Waals surface area contributed by atoms with Crippen molar-refractivity contribution in [2.24, 2.45) is 7.05 Å². The number of aromatic nitrogens is 2. The topological polar surface area (TPSA) is 17.8 Å². The van der Waals surface area contributed by atoms with Crippen molar-refractivity contribution >= 4 is 0 Å². The van der Waals surface area contributed by atoms with Crippen molar-refractivity contribution in [3.8, 4) is 11.3 Å². The lowest BCUT2D eigenvalue weighted by molar-refractivity contribution is 0.628. The van der Waals surface area contributed by atoms with E-state index < -0.39 is 0 Å². The number of halogens is 1. The van der Waals surface area contributed by atoms with Gasteiger partial charge in [-0.3, -0.25) is 0 Å². The standard InChI is InChI=1S/C11H11FN2/c1-8-13-7-11(14(8)2)9-3-5-10(12)6-4-9/h3-7H,1-2H3. The highest BCUT2D eigenvalue weighted by Gasteiger charge is 2.04. The molecule has 1 aromatic carbocycles. The van der Waals surface area contributed by atoms with Gasteiger partial charge in [-0.15, -0.1) is 0 Å². The minimum absolute atomic E-state index is 0.215. The van der Waals surface area contributed by atoms with Gasteiger partial charge in [-0.05, 0) is 36.8 Å². The van der Waals surface area contributed by atoms with Crippen LogP contribution in [0.3, 0.4) is 0 Å². The summed E-state index contributed by atoms with van der Waals surface area (Å²) < 4.78 is 14.7. The molecule has 2 rings (SSSR count). The first-order valence-corrected chi connectivity index (χ1v) is 4.43. The third-order valence-electron chi connectivity index (χ3n) is 2.36. The average molecular weight is 190 g/mol. The lowest BCUT2D eigenvalue weighted by atomic mass is 10.2. The molecule has 0 saturated heterocycles. The van der Waals surface area contributed by atoms with E-state index in [-0.39, 0.29) is 5.82 Å². The van der Waals surface area contributed by atoms with Crippen molar-refractivity contribution in [2.45, 2.75) is 6.92 Å². The molecule has 0 unspecified atom stereocenters. The van der Waals surface area contributed by atoms with E-state index in [9.17, 15) is 4.39 Å². The SMILES string of the molecule is Cc1ncc(-c2ccc(F)cc2)n1C. The first-order valence-electron chi connectivity index (χ1n) is 4.43. The molecule has 2 nitrogen and oxygen atoms in total. The monoisotopic (exact) mass is 190 g/mol. The summed E-state index contributed by atoms with van der Waals surface area (Å²) >= 11 is 0. The summed E-state index contributed by atoms with van der Waals surface area (Å²) in [5, 5.41) is 0. The maximum absolute atomic E-state index is 12.7. The predicted molar refractivity (Wildman–Crippen MR) is 53.3 cm³/mol. The van der Waals surface area contributed by atoms with Gasteiger partial charge < -0.3 is 4.57 Å². The molecule has 0 fully saturated rings. The fourth-order valence-corrected chi connectivity index (χ4v) is 1.39. The molecule has 1 aromatic heterocycles. The Morgan fingerprint density at radius 1 is 1.21 bits per heavy atom. The second kappa shape index (κ2) is 3.25. The zero-order chi connectivity index (χ0) is 10.1. The molecule has 0 aliphatic carbocycles. The van der Waals surface area contributed by atoms with Gasteiger partial charge in [0.05, 0.1) is 11.9 Å². The summed E-state index contributed by atoms with van der Waals surface area (Å²) in [7, 11) is 1.95. The maximum Gasteiger partial charge on any atom is 0.123 e. The van der Waals surface area contributed by atoms with Gasteiger partial charge in [0.25, 0.3) is 0 Å². The number of rotatable bonds is 1. The second-order valence-corrected chi connectivity index (χ2v) is 3.26. The molecule has 0 N–H and O–H groups in total. The molecule has 14 heavy (non-hydrogen) atoms. The number of benzene rings is 1. The van der Waals surface area contributed by atoms with Gasteiger partial charge in [-0.1, -0.05) is 0 Å². The van der Waals surface area contributed by atoms with E-state index in [0.717, 1.165) is 17.1 Å². The highest BCUT2D eigenvalue weighted by Crippen LogP contribution is 2.19. The van der Waals surface area contributed by atoms with Crippen molar-refractivity contribution in [1.29, 1.82) is 0 Å². The number of imidazole rings is 1. The molecule has 0 spiro atoms. The third-order valence-corrected chi connectivity index (χ3v) is 2.36. The number of hydrogen-bond donors (Lipinski definition) is 0. The van der Waals surface area contributed by atoms with Crippen LogP contribution in [0.2, 0.25) is 0 Å². The van der Waals surface area contributed by atoms with E-state index in [1.54, 1.807) is 18.3 Å². The summed E-state index contributed by atoms with van der Waals surface area (Å²) in [6.45, 7) is 1.94. The Hall–Kier alpha value is -1.64. The quantitative estimate of drug-likeness (QED) is 0.675. The number of nitrogens with zero attached hydrogens (tertiary/aromatic N) is 2. The van der Waals surface area contributed by atoms with Crippen molar-refractivity contribution in [1.82, 2.24) is 9.55 Å². The fraction of sp³-hybridized carbons (Fsp3) is 0.182. The van der Waals surface area contributed by atoms with Gasteiger partial charge >= 0.3 is 0 Å². The van der Waals surface area contributed by atoms with Crippen LogP contribution in [-0.2, 0) is 7.05 Å². The van der Waals surface area contributed by atoms with Crippen LogP contribution >= 0.6 is 0 Å².